The minimum atomic E-state index is -3.82. The Labute approximate surface area is 150 Å². The molecule has 0 radical (unpaired) electrons. The van der Waals surface area contributed by atoms with Crippen LogP contribution in [-0.2, 0) is 16.6 Å². The average Bonchev–Trinajstić information content (AvgIpc) is 2.58. The molecule has 0 fully saturated rings. The number of hydrogen-bond donors (Lipinski definition) is 2. The van der Waals surface area contributed by atoms with Crippen molar-refractivity contribution in [1.29, 1.82) is 5.26 Å². The minimum absolute atomic E-state index is 0.0448. The first-order valence-electron chi connectivity index (χ1n) is 7.61. The molecule has 9 nitrogen and oxygen atoms in total. The van der Waals surface area contributed by atoms with Crippen molar-refractivity contribution in [3.05, 3.63) is 45.7 Å². The maximum absolute atomic E-state index is 12.5. The Hall–Kier alpha value is -3.03. The number of aromatic hydroxyl groups is 1. The Bertz CT molecular complexity index is 1060. The Morgan fingerprint density at radius 1 is 1.27 bits per heavy atom. The molecule has 2 rings (SSSR count). The zero-order chi connectivity index (χ0) is 19.5. The first-order chi connectivity index (χ1) is 12.2. The molecular formula is C16H17N5O4S. The van der Waals surface area contributed by atoms with E-state index in [0.717, 1.165) is 4.57 Å². The van der Waals surface area contributed by atoms with Crippen LogP contribution in [0.3, 0.4) is 0 Å². The third-order valence-corrected chi connectivity index (χ3v) is 4.58. The molecule has 1 aromatic carbocycles. The van der Waals surface area contributed by atoms with Gasteiger partial charge in [0.25, 0.3) is 5.56 Å². The third-order valence-electron chi connectivity index (χ3n) is 3.65. The van der Waals surface area contributed by atoms with Gasteiger partial charge in [-0.1, -0.05) is 6.92 Å². The first kappa shape index (κ1) is 19.3. The number of nitrogens with zero attached hydrogens (tertiary/aromatic N) is 4. The van der Waals surface area contributed by atoms with Gasteiger partial charge in [-0.2, -0.15) is 10.4 Å². The molecule has 0 amide bonds. The first-order valence-corrected chi connectivity index (χ1v) is 9.16. The second kappa shape index (κ2) is 7.47. The lowest BCUT2D eigenvalue weighted by Crippen LogP contribution is -2.21. The van der Waals surface area contributed by atoms with Crippen LogP contribution in [0.1, 0.15) is 24.5 Å². The van der Waals surface area contributed by atoms with Gasteiger partial charge in [-0.15, -0.1) is 5.11 Å². The van der Waals surface area contributed by atoms with Crippen LogP contribution in [-0.4, -0.2) is 18.1 Å². The average molecular weight is 375 g/mol. The molecular weight excluding hydrogens is 358 g/mol. The Balaban J connectivity index is 2.52. The lowest BCUT2D eigenvalue weighted by atomic mass is 10.1. The van der Waals surface area contributed by atoms with Crippen LogP contribution in [0.25, 0.3) is 0 Å². The number of nitrogens with two attached hydrogens (primary N) is 1. The van der Waals surface area contributed by atoms with Crippen molar-refractivity contribution in [2.75, 3.05) is 0 Å². The highest BCUT2D eigenvalue weighted by Crippen LogP contribution is 2.27. The molecule has 0 aliphatic carbocycles. The molecule has 1 aromatic heterocycles. The van der Waals surface area contributed by atoms with E-state index in [4.69, 9.17) is 5.14 Å². The summed E-state index contributed by atoms with van der Waals surface area (Å²) in [5.41, 5.74) is -0.164. The van der Waals surface area contributed by atoms with Gasteiger partial charge in [0, 0.05) is 12.1 Å². The van der Waals surface area contributed by atoms with Gasteiger partial charge in [0.2, 0.25) is 15.9 Å². The Kier molecular flexibility index (Phi) is 5.54. The summed E-state index contributed by atoms with van der Waals surface area (Å²) in [5, 5.41) is 32.2. The molecule has 0 unspecified atom stereocenters. The van der Waals surface area contributed by atoms with E-state index in [2.05, 4.69) is 10.2 Å². The van der Waals surface area contributed by atoms with E-state index >= 15 is 0 Å². The maximum atomic E-state index is 12.5. The maximum Gasteiger partial charge on any atom is 0.281 e. The predicted molar refractivity (Wildman–Crippen MR) is 94.1 cm³/mol. The fourth-order valence-electron chi connectivity index (χ4n) is 2.30. The van der Waals surface area contributed by atoms with E-state index in [-0.39, 0.29) is 28.3 Å². The number of aromatic nitrogens is 1. The topological polar surface area (TPSA) is 151 Å². The molecule has 0 atom stereocenters. The van der Waals surface area contributed by atoms with Crippen LogP contribution in [0.5, 0.6) is 5.88 Å². The quantitative estimate of drug-likeness (QED) is 0.768. The summed E-state index contributed by atoms with van der Waals surface area (Å²) in [7, 11) is -3.82. The summed E-state index contributed by atoms with van der Waals surface area (Å²) in [4.78, 5) is 12.4. The number of nitriles is 1. The SMILES string of the molecule is CCCn1c(O)c(C#N)c(C)c(N=Nc2ccc(S(N)(=O)=O)cc2)c1=O. The molecule has 2 aromatic rings. The van der Waals surface area contributed by atoms with Crippen molar-refractivity contribution in [3.63, 3.8) is 0 Å². The number of sulfonamides is 1. The van der Waals surface area contributed by atoms with Gasteiger partial charge < -0.3 is 5.11 Å². The van der Waals surface area contributed by atoms with Gasteiger partial charge in [-0.25, -0.2) is 13.6 Å². The molecule has 0 saturated carbocycles. The zero-order valence-corrected chi connectivity index (χ0v) is 15.0. The van der Waals surface area contributed by atoms with Crippen molar-refractivity contribution in [2.45, 2.75) is 31.7 Å². The lowest BCUT2D eigenvalue weighted by molar-refractivity contribution is 0.402. The van der Waals surface area contributed by atoms with Crippen molar-refractivity contribution in [2.24, 2.45) is 15.4 Å². The normalized spacial score (nSPS) is 11.6. The van der Waals surface area contributed by atoms with Crippen molar-refractivity contribution in [3.8, 4) is 11.9 Å². The number of hydrogen-bond acceptors (Lipinski definition) is 7. The largest absolute Gasteiger partial charge is 0.493 e. The molecule has 0 saturated heterocycles. The molecule has 10 heteroatoms. The Morgan fingerprint density at radius 3 is 2.38 bits per heavy atom. The van der Waals surface area contributed by atoms with Crippen molar-refractivity contribution >= 4 is 21.4 Å². The molecule has 26 heavy (non-hydrogen) atoms. The van der Waals surface area contributed by atoms with Gasteiger partial charge in [0.15, 0.2) is 5.69 Å². The summed E-state index contributed by atoms with van der Waals surface area (Å²) in [5.74, 6) is -0.395. The van der Waals surface area contributed by atoms with Gasteiger partial charge in [0.05, 0.1) is 10.6 Å². The van der Waals surface area contributed by atoms with Gasteiger partial charge >= 0.3 is 0 Å². The lowest BCUT2D eigenvalue weighted by Gasteiger charge is -2.11. The zero-order valence-electron chi connectivity index (χ0n) is 14.2. The second-order valence-electron chi connectivity index (χ2n) is 5.48. The number of azo groups is 1. The van der Waals surface area contributed by atoms with Crippen LogP contribution < -0.4 is 10.7 Å². The van der Waals surface area contributed by atoms with Crippen LogP contribution in [0.15, 0.2) is 44.2 Å². The molecule has 3 N–H and O–H groups in total. The van der Waals surface area contributed by atoms with E-state index in [0.29, 0.717) is 12.1 Å². The third kappa shape index (κ3) is 3.79. The fraction of sp³-hybridized carbons (Fsp3) is 0.250. The van der Waals surface area contributed by atoms with Crippen LogP contribution in [0.2, 0.25) is 0 Å². The number of pyridine rings is 1. The van der Waals surface area contributed by atoms with Gasteiger partial charge in [-0.3, -0.25) is 9.36 Å². The number of primary sulfonamides is 1. The molecule has 0 aliphatic heterocycles. The summed E-state index contributed by atoms with van der Waals surface area (Å²) in [6.45, 7) is 3.55. The minimum Gasteiger partial charge on any atom is -0.493 e. The van der Waals surface area contributed by atoms with Crippen molar-refractivity contribution in [1.82, 2.24) is 4.57 Å². The molecule has 0 aliphatic rings. The number of benzene rings is 1. The molecule has 0 spiro atoms. The molecule has 1 heterocycles. The van der Waals surface area contributed by atoms with E-state index in [1.165, 1.54) is 31.2 Å². The van der Waals surface area contributed by atoms with Crippen LogP contribution in [0, 0.1) is 18.3 Å². The summed E-state index contributed by atoms with van der Waals surface area (Å²) in [6.07, 6.45) is 0.576. The van der Waals surface area contributed by atoms with Gasteiger partial charge in [0.1, 0.15) is 11.6 Å². The van der Waals surface area contributed by atoms with E-state index in [1.54, 1.807) is 0 Å². The Morgan fingerprint density at radius 2 is 1.88 bits per heavy atom. The van der Waals surface area contributed by atoms with E-state index in [9.17, 15) is 23.6 Å². The summed E-state index contributed by atoms with van der Waals surface area (Å²) < 4.78 is 23.6. The predicted octanol–water partition coefficient (Wildman–Crippen LogP) is 2.21. The standard InChI is InChI=1S/C16H17N5O4S/c1-3-8-21-15(22)13(9-17)10(2)14(16(21)23)20-19-11-4-6-12(7-5-11)26(18,24)25/h4-7,22H,3,8H2,1-2H3,(H2,18,24,25). The van der Waals surface area contributed by atoms with Crippen LogP contribution >= 0.6 is 0 Å². The highest BCUT2D eigenvalue weighted by molar-refractivity contribution is 7.89. The van der Waals surface area contributed by atoms with E-state index in [1.807, 2.05) is 13.0 Å². The van der Waals surface area contributed by atoms with E-state index < -0.39 is 21.5 Å². The number of rotatable bonds is 5. The monoisotopic (exact) mass is 375 g/mol. The van der Waals surface area contributed by atoms with Crippen molar-refractivity contribution < 1.29 is 13.5 Å². The van der Waals surface area contributed by atoms with Crippen LogP contribution in [0.4, 0.5) is 11.4 Å². The highest BCUT2D eigenvalue weighted by atomic mass is 32.2. The summed E-state index contributed by atoms with van der Waals surface area (Å²) >= 11 is 0. The highest BCUT2D eigenvalue weighted by Gasteiger charge is 2.18. The van der Waals surface area contributed by atoms with Gasteiger partial charge in [-0.05, 0) is 37.6 Å². The fourth-order valence-corrected chi connectivity index (χ4v) is 2.81. The molecule has 136 valence electrons. The molecule has 0 bridgehead atoms. The summed E-state index contributed by atoms with van der Waals surface area (Å²) in [6, 6.07) is 7.16. The second-order valence-corrected chi connectivity index (χ2v) is 7.04. The smallest absolute Gasteiger partial charge is 0.281 e.